The molecule has 2 aromatic carbocycles. The number of amides is 1. The molecule has 51 heavy (non-hydrogen) atoms. The zero-order valence-electron chi connectivity index (χ0n) is 27.8. The van der Waals surface area contributed by atoms with Crippen molar-refractivity contribution in [2.75, 3.05) is 26.2 Å². The van der Waals surface area contributed by atoms with E-state index in [4.69, 9.17) is 0 Å². The lowest BCUT2D eigenvalue weighted by molar-refractivity contribution is 0.0912. The van der Waals surface area contributed by atoms with Crippen molar-refractivity contribution >= 4 is 22.6 Å². The fourth-order valence-corrected chi connectivity index (χ4v) is 7.50. The number of carbonyl (C=O) groups is 1. The molecule has 2 N–H and O–H groups in total. The number of aromatic nitrogens is 5. The number of carbonyl (C=O) groups excluding carboxylic acids is 1. The average Bonchev–Trinajstić information content (AvgIpc) is 3.50. The van der Waals surface area contributed by atoms with Crippen LogP contribution in [-0.2, 0) is 6.54 Å². The minimum Gasteiger partial charge on any atom is -0.348 e. The first-order chi connectivity index (χ1) is 24.9. The molecule has 0 spiro atoms. The van der Waals surface area contributed by atoms with Gasteiger partial charge in [-0.05, 0) is 66.6 Å². The van der Waals surface area contributed by atoms with Crippen LogP contribution in [0.1, 0.15) is 47.8 Å². The van der Waals surface area contributed by atoms with E-state index in [0.717, 1.165) is 55.1 Å². The van der Waals surface area contributed by atoms with Gasteiger partial charge in [0.15, 0.2) is 11.3 Å². The van der Waals surface area contributed by atoms with E-state index < -0.39 is 35.0 Å². The van der Waals surface area contributed by atoms with Gasteiger partial charge in [0.1, 0.15) is 11.5 Å². The Labute approximate surface area is 291 Å². The van der Waals surface area contributed by atoms with Crippen LogP contribution in [0.25, 0.3) is 33.5 Å². The minimum atomic E-state index is -0.742. The number of halogens is 2. The van der Waals surface area contributed by atoms with Gasteiger partial charge < -0.3 is 10.6 Å². The van der Waals surface area contributed by atoms with Gasteiger partial charge in [-0.25, -0.2) is 23.7 Å². The Morgan fingerprint density at radius 2 is 1.69 bits per heavy atom. The molecule has 13 heteroatoms. The summed E-state index contributed by atoms with van der Waals surface area (Å²) in [5.74, 6) is -2.05. The quantitative estimate of drug-likeness (QED) is 0.254. The summed E-state index contributed by atoms with van der Waals surface area (Å²) in [6, 6.07) is 21.0. The van der Waals surface area contributed by atoms with Crippen molar-refractivity contribution in [1.82, 2.24) is 39.0 Å². The van der Waals surface area contributed by atoms with Crippen LogP contribution in [0.3, 0.4) is 0 Å². The molecule has 0 atom stereocenters. The lowest BCUT2D eigenvalue weighted by atomic mass is 9.90. The molecule has 1 aliphatic heterocycles. The molecule has 2 fully saturated rings. The van der Waals surface area contributed by atoms with Crippen LogP contribution in [0.4, 0.5) is 8.78 Å². The largest absolute Gasteiger partial charge is 0.348 e. The second-order valence-electron chi connectivity index (χ2n) is 13.2. The van der Waals surface area contributed by atoms with E-state index in [9.17, 15) is 23.2 Å². The van der Waals surface area contributed by atoms with Crippen molar-refractivity contribution in [3.05, 3.63) is 129 Å². The van der Waals surface area contributed by atoms with E-state index in [2.05, 4.69) is 25.5 Å². The van der Waals surface area contributed by atoms with Crippen LogP contribution < -0.4 is 21.9 Å². The Bertz CT molecular complexity index is 2380. The van der Waals surface area contributed by atoms with Crippen molar-refractivity contribution in [3.8, 4) is 16.8 Å². The van der Waals surface area contributed by atoms with Crippen molar-refractivity contribution in [2.24, 2.45) is 0 Å². The van der Waals surface area contributed by atoms with Gasteiger partial charge in [0.2, 0.25) is 5.95 Å². The van der Waals surface area contributed by atoms with Gasteiger partial charge in [-0.2, -0.15) is 4.39 Å². The summed E-state index contributed by atoms with van der Waals surface area (Å²) in [5.41, 5.74) is 2.36. The Morgan fingerprint density at radius 1 is 0.922 bits per heavy atom. The maximum atomic E-state index is 14.9. The predicted molar refractivity (Wildman–Crippen MR) is 189 cm³/mol. The van der Waals surface area contributed by atoms with Gasteiger partial charge >= 0.3 is 5.69 Å². The van der Waals surface area contributed by atoms with E-state index in [1.54, 1.807) is 18.2 Å². The molecule has 0 bridgehead atoms. The van der Waals surface area contributed by atoms with E-state index in [-0.39, 0.29) is 22.8 Å². The van der Waals surface area contributed by atoms with Crippen LogP contribution in [0.15, 0.2) is 94.8 Å². The zero-order valence-corrected chi connectivity index (χ0v) is 27.8. The summed E-state index contributed by atoms with van der Waals surface area (Å²) >= 11 is 0. The number of nitrogens with zero attached hydrogens (tertiary/aromatic N) is 6. The highest BCUT2D eigenvalue weighted by atomic mass is 19.1. The fourth-order valence-electron chi connectivity index (χ4n) is 7.50. The minimum absolute atomic E-state index is 0.00517. The number of piperazine rings is 1. The smallest absolute Gasteiger partial charge is 0.337 e. The molecule has 1 saturated heterocycles. The standard InChI is InChI=1S/C38H36F2N8O3/c39-25-21-29-35(42-22-25)48(31-10-6-9-28(24-7-2-1-3-8-24)30(31)23-45-19-16-41-17-20-45)38(51)47(37(29)50)27-14-12-26(13-15-27)43-36(49)33-34(40)46-18-5-4-11-32(46)44-33/h1-11,18,21-22,26-27,41H,12-17,19-20,23H2,(H,43,49). The van der Waals surface area contributed by atoms with Crippen molar-refractivity contribution < 1.29 is 13.6 Å². The molecule has 260 valence electrons. The van der Waals surface area contributed by atoms with Gasteiger partial charge in [0, 0.05) is 51.0 Å². The van der Waals surface area contributed by atoms with Crippen LogP contribution >= 0.6 is 0 Å². The summed E-state index contributed by atoms with van der Waals surface area (Å²) in [5, 5.41) is 6.28. The normalized spacial score (nSPS) is 18.3. The molecule has 0 unspecified atom stereocenters. The van der Waals surface area contributed by atoms with E-state index in [0.29, 0.717) is 43.6 Å². The molecule has 0 radical (unpaired) electrons. The summed E-state index contributed by atoms with van der Waals surface area (Å²) in [6.45, 7) is 3.88. The number of rotatable bonds is 7. The van der Waals surface area contributed by atoms with Gasteiger partial charge in [0.25, 0.3) is 11.5 Å². The maximum Gasteiger partial charge on any atom is 0.337 e. The topological polar surface area (TPSA) is 119 Å². The average molecular weight is 691 g/mol. The highest BCUT2D eigenvalue weighted by Crippen LogP contribution is 2.32. The number of hydrogen-bond acceptors (Lipinski definition) is 7. The van der Waals surface area contributed by atoms with Gasteiger partial charge in [-0.15, -0.1) is 0 Å². The first kappa shape index (κ1) is 32.7. The molecule has 1 amide bonds. The second kappa shape index (κ2) is 13.6. The molecule has 4 aromatic heterocycles. The summed E-state index contributed by atoms with van der Waals surface area (Å²) in [4.78, 5) is 52.6. The van der Waals surface area contributed by atoms with Gasteiger partial charge in [0.05, 0.1) is 17.3 Å². The van der Waals surface area contributed by atoms with Gasteiger partial charge in [-0.1, -0.05) is 48.5 Å². The van der Waals surface area contributed by atoms with Crippen LogP contribution in [-0.4, -0.2) is 66.5 Å². The molecule has 8 rings (SSSR count). The third-order valence-electron chi connectivity index (χ3n) is 10.0. The van der Waals surface area contributed by atoms with E-state index in [1.807, 2.05) is 48.5 Å². The van der Waals surface area contributed by atoms with Crippen molar-refractivity contribution in [3.63, 3.8) is 0 Å². The number of nitrogens with one attached hydrogen (secondary N) is 2. The summed E-state index contributed by atoms with van der Waals surface area (Å²) in [7, 11) is 0. The Balaban J connectivity index is 1.17. The molecule has 11 nitrogen and oxygen atoms in total. The Morgan fingerprint density at radius 3 is 2.45 bits per heavy atom. The molecule has 1 saturated carbocycles. The second-order valence-corrected chi connectivity index (χ2v) is 13.2. The van der Waals surface area contributed by atoms with Crippen LogP contribution in [0.2, 0.25) is 0 Å². The summed E-state index contributed by atoms with van der Waals surface area (Å²) in [6.07, 6.45) is 4.18. The number of fused-ring (bicyclic) bond motifs is 2. The molecule has 2 aliphatic rings. The maximum absolute atomic E-state index is 14.9. The lowest BCUT2D eigenvalue weighted by Gasteiger charge is -2.31. The number of benzene rings is 2. The van der Waals surface area contributed by atoms with Crippen LogP contribution in [0, 0.1) is 11.8 Å². The number of imidazole rings is 1. The fraction of sp³-hybridized carbons (Fsp3) is 0.289. The molecule has 6 aromatic rings. The number of hydrogen-bond donors (Lipinski definition) is 2. The third kappa shape index (κ3) is 6.12. The Kier molecular flexibility index (Phi) is 8.74. The molecule has 5 heterocycles. The van der Waals surface area contributed by atoms with Crippen molar-refractivity contribution in [1.29, 1.82) is 0 Å². The van der Waals surface area contributed by atoms with E-state index >= 15 is 0 Å². The monoisotopic (exact) mass is 690 g/mol. The number of pyridine rings is 2. The third-order valence-corrected chi connectivity index (χ3v) is 10.0. The summed E-state index contributed by atoms with van der Waals surface area (Å²) < 4.78 is 33.6. The predicted octanol–water partition coefficient (Wildman–Crippen LogP) is 4.46. The highest BCUT2D eigenvalue weighted by Gasteiger charge is 2.30. The van der Waals surface area contributed by atoms with Gasteiger partial charge in [-0.3, -0.25) is 23.5 Å². The lowest BCUT2D eigenvalue weighted by Crippen LogP contribution is -2.46. The van der Waals surface area contributed by atoms with Crippen molar-refractivity contribution in [2.45, 2.75) is 44.3 Å². The Hall–Kier alpha value is -5.53. The van der Waals surface area contributed by atoms with E-state index in [1.165, 1.54) is 19.7 Å². The first-order valence-corrected chi connectivity index (χ1v) is 17.2. The molecule has 1 aliphatic carbocycles. The molecular weight excluding hydrogens is 654 g/mol. The first-order valence-electron chi connectivity index (χ1n) is 17.2. The molecular formula is C38H36F2N8O3. The highest BCUT2D eigenvalue weighted by molar-refractivity contribution is 5.93. The zero-order chi connectivity index (χ0) is 35.1. The van der Waals surface area contributed by atoms with Crippen LogP contribution in [0.5, 0.6) is 0 Å². The SMILES string of the molecule is O=C(NC1CCC(n2c(=O)c3cc(F)cnc3n(-c3cccc(-c4ccccc4)c3CN3CCNCC3)c2=O)CC1)c1nc2ccccn2c1F.